The molecule has 2 aromatic rings. The van der Waals surface area contributed by atoms with E-state index < -0.39 is 17.8 Å². The molecule has 0 aromatic carbocycles. The molecule has 2 saturated heterocycles. The molecule has 2 aliphatic rings. The number of alkyl halides is 3. The SMILES string of the molecule is CC1CN(c2nc(-c3cnc(N)nc3C(F)(F)F)nc(N3CCOCC3)n2)CCO1. The van der Waals surface area contributed by atoms with Gasteiger partial charge in [-0.15, -0.1) is 0 Å². The number of nitrogens with zero attached hydrogens (tertiary/aromatic N) is 7. The zero-order valence-electron chi connectivity index (χ0n) is 16.3. The topological polar surface area (TPSA) is 115 Å². The lowest BCUT2D eigenvalue weighted by molar-refractivity contribution is -0.140. The smallest absolute Gasteiger partial charge is 0.378 e. The molecule has 0 amide bonds. The number of ether oxygens (including phenoxy) is 2. The largest absolute Gasteiger partial charge is 0.434 e. The third kappa shape index (κ3) is 4.36. The summed E-state index contributed by atoms with van der Waals surface area (Å²) in [6.45, 7) is 5.39. The van der Waals surface area contributed by atoms with Gasteiger partial charge in [0.2, 0.25) is 17.8 Å². The van der Waals surface area contributed by atoms with Crippen molar-refractivity contribution in [3.8, 4) is 11.4 Å². The van der Waals surface area contributed by atoms with Crippen molar-refractivity contribution < 1.29 is 22.6 Å². The van der Waals surface area contributed by atoms with Crippen molar-refractivity contribution in [2.24, 2.45) is 0 Å². The van der Waals surface area contributed by atoms with Gasteiger partial charge in [-0.1, -0.05) is 0 Å². The number of morpholine rings is 2. The number of nitrogen functional groups attached to an aromatic ring is 1. The Labute approximate surface area is 170 Å². The van der Waals surface area contributed by atoms with E-state index >= 15 is 0 Å². The third-order valence-electron chi connectivity index (χ3n) is 4.75. The Bertz CT molecular complexity index is 907. The first-order valence-electron chi connectivity index (χ1n) is 9.46. The first kappa shape index (κ1) is 20.5. The maximum Gasteiger partial charge on any atom is 0.434 e. The molecule has 0 radical (unpaired) electrons. The summed E-state index contributed by atoms with van der Waals surface area (Å²) >= 11 is 0. The quantitative estimate of drug-likeness (QED) is 0.762. The van der Waals surface area contributed by atoms with Crippen LogP contribution in [0.2, 0.25) is 0 Å². The normalized spacial score (nSPS) is 20.5. The molecule has 0 aliphatic carbocycles. The molecule has 2 fully saturated rings. The first-order valence-corrected chi connectivity index (χ1v) is 9.46. The van der Waals surface area contributed by atoms with Gasteiger partial charge in [0.1, 0.15) is 0 Å². The molecular formula is C17H21F3N8O2. The summed E-state index contributed by atoms with van der Waals surface area (Å²) in [5.41, 5.74) is 3.86. The third-order valence-corrected chi connectivity index (χ3v) is 4.75. The number of halogens is 3. The van der Waals surface area contributed by atoms with Crippen molar-refractivity contribution in [1.82, 2.24) is 24.9 Å². The number of aromatic nitrogens is 5. The van der Waals surface area contributed by atoms with Crippen LogP contribution >= 0.6 is 0 Å². The van der Waals surface area contributed by atoms with Gasteiger partial charge in [0.05, 0.1) is 31.5 Å². The molecule has 2 N–H and O–H groups in total. The van der Waals surface area contributed by atoms with E-state index in [0.29, 0.717) is 46.0 Å². The van der Waals surface area contributed by atoms with Crippen LogP contribution in [0.3, 0.4) is 0 Å². The average Bonchev–Trinajstić information content (AvgIpc) is 2.73. The lowest BCUT2D eigenvalue weighted by atomic mass is 10.2. The second-order valence-corrected chi connectivity index (χ2v) is 6.97. The van der Waals surface area contributed by atoms with E-state index in [9.17, 15) is 13.2 Å². The van der Waals surface area contributed by atoms with Gasteiger partial charge in [0, 0.05) is 32.4 Å². The number of hydrogen-bond donors (Lipinski definition) is 1. The van der Waals surface area contributed by atoms with E-state index in [1.54, 1.807) is 0 Å². The van der Waals surface area contributed by atoms with Crippen LogP contribution in [-0.2, 0) is 15.7 Å². The molecular weight excluding hydrogens is 405 g/mol. The molecule has 30 heavy (non-hydrogen) atoms. The van der Waals surface area contributed by atoms with Crippen LogP contribution in [0.4, 0.5) is 31.0 Å². The summed E-state index contributed by atoms with van der Waals surface area (Å²) in [6.07, 6.45) is -3.81. The Balaban J connectivity index is 1.82. The second-order valence-electron chi connectivity index (χ2n) is 6.97. The van der Waals surface area contributed by atoms with Crippen molar-refractivity contribution in [1.29, 1.82) is 0 Å². The van der Waals surface area contributed by atoms with E-state index in [4.69, 9.17) is 15.2 Å². The molecule has 1 unspecified atom stereocenters. The fourth-order valence-corrected chi connectivity index (χ4v) is 3.30. The monoisotopic (exact) mass is 426 g/mol. The highest BCUT2D eigenvalue weighted by Gasteiger charge is 2.38. The molecule has 1 atom stereocenters. The van der Waals surface area contributed by atoms with E-state index in [-0.39, 0.29) is 29.4 Å². The van der Waals surface area contributed by atoms with E-state index in [0.717, 1.165) is 6.20 Å². The summed E-state index contributed by atoms with van der Waals surface area (Å²) < 4.78 is 51.7. The highest BCUT2D eigenvalue weighted by molar-refractivity contribution is 5.62. The number of hydrogen-bond acceptors (Lipinski definition) is 10. The maximum absolute atomic E-state index is 13.6. The summed E-state index contributed by atoms with van der Waals surface area (Å²) in [4.78, 5) is 24.0. The molecule has 4 rings (SSSR count). The predicted octanol–water partition coefficient (Wildman–Crippen LogP) is 0.991. The fourth-order valence-electron chi connectivity index (χ4n) is 3.30. The highest BCUT2D eigenvalue weighted by atomic mass is 19.4. The first-order chi connectivity index (χ1) is 14.3. The van der Waals surface area contributed by atoms with Gasteiger partial charge < -0.3 is 25.0 Å². The minimum atomic E-state index is -4.74. The van der Waals surface area contributed by atoms with Gasteiger partial charge in [0.15, 0.2) is 11.5 Å². The van der Waals surface area contributed by atoms with Gasteiger partial charge in [-0.3, -0.25) is 0 Å². The van der Waals surface area contributed by atoms with Crippen molar-refractivity contribution in [2.75, 3.05) is 61.5 Å². The Kier molecular flexibility index (Phi) is 5.56. The zero-order valence-corrected chi connectivity index (χ0v) is 16.3. The van der Waals surface area contributed by atoms with Crippen LogP contribution in [0.5, 0.6) is 0 Å². The summed E-state index contributed by atoms with van der Waals surface area (Å²) in [6, 6.07) is 0. The van der Waals surface area contributed by atoms with Crippen molar-refractivity contribution in [3.05, 3.63) is 11.9 Å². The Morgan fingerprint density at radius 1 is 1.00 bits per heavy atom. The molecule has 10 nitrogen and oxygen atoms in total. The van der Waals surface area contributed by atoms with Crippen LogP contribution in [0.15, 0.2) is 6.20 Å². The van der Waals surface area contributed by atoms with E-state index in [1.807, 2.05) is 16.7 Å². The van der Waals surface area contributed by atoms with Crippen molar-refractivity contribution >= 4 is 17.8 Å². The minimum absolute atomic E-state index is 0.0589. The van der Waals surface area contributed by atoms with Crippen LogP contribution in [0.1, 0.15) is 12.6 Å². The fraction of sp³-hybridized carbons (Fsp3) is 0.588. The molecule has 162 valence electrons. The molecule has 0 spiro atoms. The van der Waals surface area contributed by atoms with Gasteiger partial charge >= 0.3 is 6.18 Å². The second kappa shape index (κ2) is 8.14. The summed E-state index contributed by atoms with van der Waals surface area (Å²) in [5, 5.41) is 0. The Hall–Kier alpha value is -2.80. The zero-order chi connectivity index (χ0) is 21.3. The summed E-state index contributed by atoms with van der Waals surface area (Å²) in [7, 11) is 0. The van der Waals surface area contributed by atoms with Gasteiger partial charge in [-0.2, -0.15) is 28.1 Å². The molecule has 4 heterocycles. The average molecular weight is 426 g/mol. The number of rotatable bonds is 3. The maximum atomic E-state index is 13.6. The predicted molar refractivity (Wildman–Crippen MR) is 101 cm³/mol. The molecule has 2 aromatic heterocycles. The molecule has 0 bridgehead atoms. The highest BCUT2D eigenvalue weighted by Crippen LogP contribution is 2.35. The molecule has 2 aliphatic heterocycles. The number of anilines is 3. The lowest BCUT2D eigenvalue weighted by Crippen LogP contribution is -2.43. The molecule has 0 saturated carbocycles. The minimum Gasteiger partial charge on any atom is -0.378 e. The standard InChI is InChI=1S/C17H21F3N8O2/c1-10-9-28(4-7-30-10)16-25-13(24-15(26-16)27-2-5-29-6-3-27)11-8-22-14(21)23-12(11)17(18,19)20/h8,10H,2-7,9H2,1H3,(H2,21,22,23). The van der Waals surface area contributed by atoms with Crippen molar-refractivity contribution in [3.63, 3.8) is 0 Å². The number of nitrogens with two attached hydrogens (primary N) is 1. The van der Waals surface area contributed by atoms with E-state index in [1.165, 1.54) is 0 Å². The van der Waals surface area contributed by atoms with E-state index in [2.05, 4.69) is 24.9 Å². The van der Waals surface area contributed by atoms with Gasteiger partial charge in [-0.05, 0) is 6.92 Å². The summed E-state index contributed by atoms with van der Waals surface area (Å²) in [5.74, 6) is -0.0762. The van der Waals surface area contributed by atoms with Gasteiger partial charge in [-0.25, -0.2) is 9.97 Å². The van der Waals surface area contributed by atoms with Gasteiger partial charge in [0.25, 0.3) is 0 Å². The van der Waals surface area contributed by atoms with Crippen LogP contribution in [-0.4, -0.2) is 77.0 Å². The Morgan fingerprint density at radius 3 is 2.33 bits per heavy atom. The van der Waals surface area contributed by atoms with Crippen molar-refractivity contribution in [2.45, 2.75) is 19.2 Å². The van der Waals surface area contributed by atoms with Crippen LogP contribution < -0.4 is 15.5 Å². The molecule has 13 heteroatoms. The lowest BCUT2D eigenvalue weighted by Gasteiger charge is -2.32. The van der Waals surface area contributed by atoms with Crippen LogP contribution in [0.25, 0.3) is 11.4 Å². The Morgan fingerprint density at radius 2 is 1.67 bits per heavy atom. The van der Waals surface area contributed by atoms with Crippen LogP contribution in [0, 0.1) is 0 Å².